The van der Waals surface area contributed by atoms with Gasteiger partial charge in [-0.3, -0.25) is 4.79 Å². The fourth-order valence-electron chi connectivity index (χ4n) is 2.32. The second-order valence-corrected chi connectivity index (χ2v) is 7.82. The second kappa shape index (κ2) is 9.40. The van der Waals surface area contributed by atoms with Crippen LogP contribution in [0.3, 0.4) is 0 Å². The van der Waals surface area contributed by atoms with Crippen molar-refractivity contribution in [1.29, 1.82) is 0 Å². The first-order valence-electron chi connectivity index (χ1n) is 8.24. The van der Waals surface area contributed by atoms with Crippen LogP contribution < -0.4 is 10.6 Å². The lowest BCUT2D eigenvalue weighted by Crippen LogP contribution is -2.27. The van der Waals surface area contributed by atoms with E-state index in [2.05, 4.69) is 39.9 Å². The molecule has 1 aromatic carbocycles. The molecular formula is C18H20N4O2S2. The Labute approximate surface area is 160 Å². The molecule has 2 heterocycles. The lowest BCUT2D eigenvalue weighted by molar-refractivity contribution is -0.118. The molecule has 0 fully saturated rings. The summed E-state index contributed by atoms with van der Waals surface area (Å²) in [6.45, 7) is 3.28. The lowest BCUT2D eigenvalue weighted by atomic mass is 10.1. The fraction of sp³-hybridized carbons (Fsp3) is 0.278. The van der Waals surface area contributed by atoms with Crippen LogP contribution in [0.1, 0.15) is 16.9 Å². The number of carbonyl (C=O) groups is 1. The van der Waals surface area contributed by atoms with Gasteiger partial charge in [0.25, 0.3) is 0 Å². The number of rotatable bonds is 9. The van der Waals surface area contributed by atoms with Gasteiger partial charge in [0.15, 0.2) is 4.34 Å². The zero-order valence-electron chi connectivity index (χ0n) is 14.4. The van der Waals surface area contributed by atoms with Crippen molar-refractivity contribution < 1.29 is 9.21 Å². The molecule has 3 aromatic rings. The summed E-state index contributed by atoms with van der Waals surface area (Å²) in [4.78, 5) is 12.0. The number of benzene rings is 1. The minimum Gasteiger partial charge on any atom is -0.467 e. The maximum atomic E-state index is 12.0. The van der Waals surface area contributed by atoms with Gasteiger partial charge in [0.05, 0.1) is 18.6 Å². The first kappa shape index (κ1) is 18.5. The van der Waals surface area contributed by atoms with Crippen molar-refractivity contribution in [2.45, 2.75) is 24.2 Å². The maximum Gasteiger partial charge on any atom is 0.230 e. The van der Waals surface area contributed by atoms with Gasteiger partial charge in [-0.15, -0.1) is 10.2 Å². The molecular weight excluding hydrogens is 368 g/mol. The van der Waals surface area contributed by atoms with Crippen LogP contribution in [-0.4, -0.2) is 28.4 Å². The third-order valence-electron chi connectivity index (χ3n) is 3.70. The van der Waals surface area contributed by atoms with Gasteiger partial charge in [-0.1, -0.05) is 47.4 Å². The standard InChI is InChI=1S/C18H20N4O2S2/c1-13-5-2-3-6-14(13)8-9-19-16(23)12-25-18-22-21-17(26-18)20-11-15-7-4-10-24-15/h2-7,10H,8-9,11-12H2,1H3,(H,19,23)(H,20,21). The first-order valence-corrected chi connectivity index (χ1v) is 10.0. The van der Waals surface area contributed by atoms with E-state index in [0.29, 0.717) is 24.0 Å². The zero-order chi connectivity index (χ0) is 18.2. The smallest absolute Gasteiger partial charge is 0.230 e. The molecule has 0 spiro atoms. The fourth-order valence-corrected chi connectivity index (χ4v) is 3.90. The summed E-state index contributed by atoms with van der Waals surface area (Å²) in [5.74, 6) is 1.17. The summed E-state index contributed by atoms with van der Waals surface area (Å²) in [7, 11) is 0. The molecule has 0 aliphatic heterocycles. The van der Waals surface area contributed by atoms with Gasteiger partial charge in [0, 0.05) is 6.54 Å². The molecule has 0 saturated carbocycles. The van der Waals surface area contributed by atoms with Crippen LogP contribution in [0.25, 0.3) is 0 Å². The Morgan fingerprint density at radius 1 is 1.23 bits per heavy atom. The maximum absolute atomic E-state index is 12.0. The highest BCUT2D eigenvalue weighted by molar-refractivity contribution is 8.01. The van der Waals surface area contributed by atoms with E-state index in [4.69, 9.17) is 4.42 Å². The van der Waals surface area contributed by atoms with Crippen molar-refractivity contribution in [3.8, 4) is 0 Å². The number of nitrogens with one attached hydrogen (secondary N) is 2. The third-order valence-corrected chi connectivity index (χ3v) is 5.72. The van der Waals surface area contributed by atoms with Crippen LogP contribution >= 0.6 is 23.1 Å². The molecule has 0 aliphatic carbocycles. The van der Waals surface area contributed by atoms with Gasteiger partial charge in [-0.25, -0.2) is 0 Å². The largest absolute Gasteiger partial charge is 0.467 e. The molecule has 0 saturated heterocycles. The molecule has 3 rings (SSSR count). The summed E-state index contributed by atoms with van der Waals surface area (Å²) in [5.41, 5.74) is 2.51. The van der Waals surface area contributed by atoms with Crippen molar-refractivity contribution in [3.63, 3.8) is 0 Å². The number of anilines is 1. The van der Waals surface area contributed by atoms with E-state index in [1.54, 1.807) is 6.26 Å². The molecule has 2 N–H and O–H groups in total. The minimum atomic E-state index is 0.00359. The van der Waals surface area contributed by atoms with Crippen molar-refractivity contribution in [2.75, 3.05) is 17.6 Å². The Morgan fingerprint density at radius 3 is 2.92 bits per heavy atom. The van der Waals surface area contributed by atoms with E-state index in [1.807, 2.05) is 24.3 Å². The molecule has 0 radical (unpaired) electrons. The lowest BCUT2D eigenvalue weighted by Gasteiger charge is -2.06. The SMILES string of the molecule is Cc1ccccc1CCNC(=O)CSc1nnc(NCc2ccco2)s1. The topological polar surface area (TPSA) is 80.0 Å². The van der Waals surface area contributed by atoms with Gasteiger partial charge < -0.3 is 15.1 Å². The van der Waals surface area contributed by atoms with Gasteiger partial charge in [-0.05, 0) is 36.6 Å². The number of nitrogens with zero attached hydrogens (tertiary/aromatic N) is 2. The van der Waals surface area contributed by atoms with E-state index >= 15 is 0 Å². The molecule has 0 aliphatic rings. The summed E-state index contributed by atoms with van der Waals surface area (Å²) < 4.78 is 6.02. The zero-order valence-corrected chi connectivity index (χ0v) is 16.0. The number of aromatic nitrogens is 2. The highest BCUT2D eigenvalue weighted by atomic mass is 32.2. The molecule has 0 bridgehead atoms. The van der Waals surface area contributed by atoms with Crippen molar-refractivity contribution in [3.05, 3.63) is 59.5 Å². The number of carbonyl (C=O) groups excluding carboxylic acids is 1. The van der Waals surface area contributed by atoms with Crippen LogP contribution in [0.2, 0.25) is 0 Å². The number of amides is 1. The van der Waals surface area contributed by atoms with Gasteiger partial charge in [0.1, 0.15) is 5.76 Å². The Balaban J connectivity index is 1.36. The molecule has 8 heteroatoms. The third kappa shape index (κ3) is 5.60. The molecule has 6 nitrogen and oxygen atoms in total. The molecule has 136 valence electrons. The van der Waals surface area contributed by atoms with E-state index in [-0.39, 0.29) is 5.91 Å². The molecule has 26 heavy (non-hydrogen) atoms. The normalized spacial score (nSPS) is 10.7. The van der Waals surface area contributed by atoms with Crippen LogP contribution in [0.4, 0.5) is 5.13 Å². The highest BCUT2D eigenvalue weighted by Gasteiger charge is 2.08. The molecule has 2 aromatic heterocycles. The summed E-state index contributed by atoms with van der Waals surface area (Å²) in [6.07, 6.45) is 2.47. The van der Waals surface area contributed by atoms with Gasteiger partial charge >= 0.3 is 0 Å². The Kier molecular flexibility index (Phi) is 6.68. The average Bonchev–Trinajstić information content (AvgIpc) is 3.31. The van der Waals surface area contributed by atoms with Gasteiger partial charge in [-0.2, -0.15) is 0 Å². The van der Waals surface area contributed by atoms with Crippen molar-refractivity contribution in [1.82, 2.24) is 15.5 Å². The summed E-state index contributed by atoms with van der Waals surface area (Å²) in [6, 6.07) is 12.0. The quantitative estimate of drug-likeness (QED) is 0.546. The Bertz CT molecular complexity index is 833. The average molecular weight is 389 g/mol. The van der Waals surface area contributed by atoms with Crippen LogP contribution in [0.5, 0.6) is 0 Å². The number of furan rings is 1. The number of aryl methyl sites for hydroxylation is 1. The second-order valence-electron chi connectivity index (χ2n) is 5.62. The number of thioether (sulfide) groups is 1. The van der Waals surface area contributed by atoms with Crippen molar-refractivity contribution in [2.24, 2.45) is 0 Å². The Hall–Kier alpha value is -2.32. The molecule has 1 amide bonds. The summed E-state index contributed by atoms with van der Waals surface area (Å²) in [5, 5.41) is 15.0. The van der Waals surface area contributed by atoms with E-state index in [9.17, 15) is 4.79 Å². The number of hydrogen-bond acceptors (Lipinski definition) is 7. The first-order chi connectivity index (χ1) is 12.7. The number of hydrogen-bond donors (Lipinski definition) is 2. The monoisotopic (exact) mass is 388 g/mol. The van der Waals surface area contributed by atoms with E-state index < -0.39 is 0 Å². The van der Waals surface area contributed by atoms with Crippen LogP contribution in [0.15, 0.2) is 51.4 Å². The van der Waals surface area contributed by atoms with Crippen LogP contribution in [0, 0.1) is 6.92 Å². The Morgan fingerprint density at radius 2 is 2.12 bits per heavy atom. The van der Waals surface area contributed by atoms with Crippen LogP contribution in [-0.2, 0) is 17.8 Å². The predicted octanol–water partition coefficient (Wildman–Crippen LogP) is 3.50. The highest BCUT2D eigenvalue weighted by Crippen LogP contribution is 2.25. The summed E-state index contributed by atoms with van der Waals surface area (Å²) >= 11 is 2.82. The minimum absolute atomic E-state index is 0.00359. The van der Waals surface area contributed by atoms with Crippen molar-refractivity contribution >= 4 is 34.1 Å². The predicted molar refractivity (Wildman–Crippen MR) is 105 cm³/mol. The van der Waals surface area contributed by atoms with E-state index in [0.717, 1.165) is 16.5 Å². The van der Waals surface area contributed by atoms with Gasteiger partial charge in [0.2, 0.25) is 11.0 Å². The molecule has 0 unspecified atom stereocenters. The molecule has 0 atom stereocenters. The van der Waals surface area contributed by atoms with E-state index in [1.165, 1.54) is 34.2 Å².